The van der Waals surface area contributed by atoms with E-state index in [1.54, 1.807) is 25.2 Å². The molecule has 92 valence electrons. The van der Waals surface area contributed by atoms with Crippen LogP contribution >= 0.6 is 11.3 Å². The first kappa shape index (κ1) is 13.6. The van der Waals surface area contributed by atoms with Gasteiger partial charge in [0.1, 0.15) is 0 Å². The predicted molar refractivity (Wildman–Crippen MR) is 63.4 cm³/mol. The van der Waals surface area contributed by atoms with Crippen LogP contribution in [0.3, 0.4) is 0 Å². The van der Waals surface area contributed by atoms with Crippen molar-refractivity contribution < 1.29 is 14.9 Å². The number of aliphatic hydroxyl groups excluding tert-OH is 1. The second-order valence-electron chi connectivity index (χ2n) is 4.25. The Bertz CT molecular complexity index is 343. The van der Waals surface area contributed by atoms with Crippen molar-refractivity contribution >= 4 is 11.3 Å². The molecule has 1 aromatic heterocycles. The Balaban J connectivity index is 2.89. The summed E-state index contributed by atoms with van der Waals surface area (Å²) in [5, 5.41) is 19.6. The molecule has 1 heterocycles. The van der Waals surface area contributed by atoms with Crippen LogP contribution in [0.25, 0.3) is 0 Å². The number of rotatable bonds is 5. The van der Waals surface area contributed by atoms with Crippen LogP contribution in [-0.4, -0.2) is 27.6 Å². The molecule has 1 aromatic rings. The third kappa shape index (κ3) is 3.83. The molecule has 2 N–H and O–H groups in total. The summed E-state index contributed by atoms with van der Waals surface area (Å²) in [6.45, 7) is 7.04. The fourth-order valence-electron chi connectivity index (χ4n) is 1.55. The number of hydrogen-bond donors (Lipinski definition) is 2. The standard InChI is InChI=1S/C11H19NO3S/c1-7-10(16-8(2)12-7)9(5-6-13)15-11(3,4)14/h9,13-14H,5-6H2,1-4H3. The number of aromatic nitrogens is 1. The van der Waals surface area contributed by atoms with E-state index < -0.39 is 5.79 Å². The van der Waals surface area contributed by atoms with Crippen molar-refractivity contribution in [3.8, 4) is 0 Å². The Morgan fingerprint density at radius 3 is 2.44 bits per heavy atom. The van der Waals surface area contributed by atoms with Gasteiger partial charge in [0.2, 0.25) is 0 Å². The van der Waals surface area contributed by atoms with E-state index in [2.05, 4.69) is 4.98 Å². The molecule has 0 saturated carbocycles. The van der Waals surface area contributed by atoms with Gasteiger partial charge in [-0.25, -0.2) is 4.98 Å². The third-order valence-corrected chi connectivity index (χ3v) is 3.22. The molecule has 0 aliphatic heterocycles. The average molecular weight is 245 g/mol. The quantitative estimate of drug-likeness (QED) is 0.778. The Morgan fingerprint density at radius 1 is 1.44 bits per heavy atom. The summed E-state index contributed by atoms with van der Waals surface area (Å²) >= 11 is 1.54. The first-order valence-corrected chi connectivity index (χ1v) is 6.10. The molecule has 0 aromatic carbocycles. The lowest BCUT2D eigenvalue weighted by Gasteiger charge is -2.25. The number of aryl methyl sites for hydroxylation is 2. The molecule has 0 aliphatic rings. The van der Waals surface area contributed by atoms with E-state index in [4.69, 9.17) is 9.84 Å². The second kappa shape index (κ2) is 5.23. The minimum Gasteiger partial charge on any atom is -0.396 e. The van der Waals surface area contributed by atoms with Gasteiger partial charge < -0.3 is 14.9 Å². The number of ether oxygens (including phenoxy) is 1. The maximum absolute atomic E-state index is 9.65. The van der Waals surface area contributed by atoms with Crippen LogP contribution in [0.2, 0.25) is 0 Å². The lowest BCUT2D eigenvalue weighted by molar-refractivity contribution is -0.209. The summed E-state index contributed by atoms with van der Waals surface area (Å²) in [6.07, 6.45) is 0.170. The molecule has 1 rings (SSSR count). The van der Waals surface area contributed by atoms with Gasteiger partial charge >= 0.3 is 0 Å². The van der Waals surface area contributed by atoms with Crippen molar-refractivity contribution in [1.29, 1.82) is 0 Å². The molecule has 0 aliphatic carbocycles. The predicted octanol–water partition coefficient (Wildman–Crippen LogP) is 1.93. The Morgan fingerprint density at radius 2 is 2.06 bits per heavy atom. The highest BCUT2D eigenvalue weighted by molar-refractivity contribution is 7.11. The van der Waals surface area contributed by atoms with Crippen LogP contribution in [0.15, 0.2) is 0 Å². The van der Waals surface area contributed by atoms with E-state index >= 15 is 0 Å². The second-order valence-corrected chi connectivity index (χ2v) is 5.48. The van der Waals surface area contributed by atoms with Crippen LogP contribution in [0.1, 0.15) is 42.0 Å². The first-order valence-electron chi connectivity index (χ1n) is 5.28. The van der Waals surface area contributed by atoms with Crippen molar-refractivity contribution in [2.75, 3.05) is 6.61 Å². The fraction of sp³-hybridized carbons (Fsp3) is 0.727. The van der Waals surface area contributed by atoms with Crippen LogP contribution in [0.4, 0.5) is 0 Å². The van der Waals surface area contributed by atoms with E-state index in [0.29, 0.717) is 6.42 Å². The van der Waals surface area contributed by atoms with Gasteiger partial charge in [0.05, 0.1) is 21.7 Å². The highest BCUT2D eigenvalue weighted by Gasteiger charge is 2.24. The van der Waals surface area contributed by atoms with Gasteiger partial charge in [-0.3, -0.25) is 0 Å². The van der Waals surface area contributed by atoms with Crippen molar-refractivity contribution in [3.63, 3.8) is 0 Å². The lowest BCUT2D eigenvalue weighted by atomic mass is 10.2. The molecular formula is C11H19NO3S. The van der Waals surface area contributed by atoms with Crippen molar-refractivity contribution in [2.24, 2.45) is 0 Å². The molecule has 16 heavy (non-hydrogen) atoms. The summed E-state index contributed by atoms with van der Waals surface area (Å²) in [5.41, 5.74) is 0.908. The zero-order valence-corrected chi connectivity index (χ0v) is 11.0. The maximum Gasteiger partial charge on any atom is 0.160 e. The molecule has 5 heteroatoms. The van der Waals surface area contributed by atoms with E-state index in [1.807, 2.05) is 13.8 Å². The molecule has 0 amide bonds. The Hall–Kier alpha value is -0.490. The van der Waals surface area contributed by atoms with Gasteiger partial charge in [-0.2, -0.15) is 0 Å². The molecule has 0 bridgehead atoms. The van der Waals surface area contributed by atoms with Crippen molar-refractivity contribution in [2.45, 2.75) is 46.0 Å². The molecule has 0 spiro atoms. The molecule has 0 saturated heterocycles. The normalized spacial score (nSPS) is 14.1. The molecule has 0 fully saturated rings. The summed E-state index contributed by atoms with van der Waals surface area (Å²) < 4.78 is 5.52. The van der Waals surface area contributed by atoms with Gasteiger partial charge in [-0.05, 0) is 27.7 Å². The van der Waals surface area contributed by atoms with Gasteiger partial charge in [0, 0.05) is 13.0 Å². The van der Waals surface area contributed by atoms with Gasteiger partial charge in [-0.1, -0.05) is 0 Å². The van der Waals surface area contributed by atoms with Gasteiger partial charge in [0.15, 0.2) is 5.79 Å². The van der Waals surface area contributed by atoms with E-state index in [1.165, 1.54) is 0 Å². The molecule has 4 nitrogen and oxygen atoms in total. The Labute approximate surface area is 99.9 Å². The largest absolute Gasteiger partial charge is 0.396 e. The van der Waals surface area contributed by atoms with Crippen LogP contribution in [-0.2, 0) is 4.74 Å². The van der Waals surface area contributed by atoms with Gasteiger partial charge in [-0.15, -0.1) is 11.3 Å². The number of nitrogens with zero attached hydrogens (tertiary/aromatic N) is 1. The summed E-state index contributed by atoms with van der Waals surface area (Å²) in [7, 11) is 0. The maximum atomic E-state index is 9.65. The SMILES string of the molecule is Cc1nc(C)c(C(CCO)OC(C)(C)O)s1. The zero-order valence-electron chi connectivity index (χ0n) is 10.1. The van der Waals surface area contributed by atoms with Crippen LogP contribution in [0, 0.1) is 13.8 Å². The van der Waals surface area contributed by atoms with Crippen molar-refractivity contribution in [1.82, 2.24) is 4.98 Å². The van der Waals surface area contributed by atoms with Gasteiger partial charge in [0.25, 0.3) is 0 Å². The third-order valence-electron chi connectivity index (χ3n) is 2.05. The minimum absolute atomic E-state index is 0.0249. The zero-order chi connectivity index (χ0) is 12.3. The van der Waals surface area contributed by atoms with E-state index in [9.17, 15) is 5.11 Å². The smallest absolute Gasteiger partial charge is 0.160 e. The number of thiazole rings is 1. The summed E-state index contributed by atoms with van der Waals surface area (Å²) in [5.74, 6) is -1.20. The first-order chi connectivity index (χ1) is 7.33. The molecule has 1 unspecified atom stereocenters. The highest BCUT2D eigenvalue weighted by atomic mass is 32.1. The number of hydrogen-bond acceptors (Lipinski definition) is 5. The minimum atomic E-state index is -1.20. The average Bonchev–Trinajstić information content (AvgIpc) is 2.42. The topological polar surface area (TPSA) is 62.6 Å². The molecule has 1 atom stereocenters. The van der Waals surface area contributed by atoms with E-state index in [-0.39, 0.29) is 12.7 Å². The highest BCUT2D eigenvalue weighted by Crippen LogP contribution is 2.32. The molecule has 0 radical (unpaired) electrons. The summed E-state index contributed by atoms with van der Waals surface area (Å²) in [6, 6.07) is 0. The lowest BCUT2D eigenvalue weighted by Crippen LogP contribution is -2.26. The fourth-order valence-corrected chi connectivity index (χ4v) is 2.55. The van der Waals surface area contributed by atoms with Crippen LogP contribution in [0.5, 0.6) is 0 Å². The van der Waals surface area contributed by atoms with Crippen LogP contribution < -0.4 is 0 Å². The number of aliphatic hydroxyl groups is 2. The monoisotopic (exact) mass is 245 g/mol. The summed E-state index contributed by atoms with van der Waals surface area (Å²) in [4.78, 5) is 5.30. The van der Waals surface area contributed by atoms with E-state index in [0.717, 1.165) is 15.6 Å². The molecular weight excluding hydrogens is 226 g/mol. The Kier molecular flexibility index (Phi) is 4.43. The van der Waals surface area contributed by atoms with Crippen molar-refractivity contribution in [3.05, 3.63) is 15.6 Å².